The molecule has 0 amide bonds. The number of rotatable bonds is 6. The van der Waals surface area contributed by atoms with Crippen LogP contribution in [0.2, 0.25) is 0 Å². The smallest absolute Gasteiger partial charge is 0.202 e. The zero-order valence-corrected chi connectivity index (χ0v) is 14.0. The highest BCUT2D eigenvalue weighted by atomic mass is 16.3. The number of benzene rings is 1. The van der Waals surface area contributed by atoms with E-state index in [2.05, 4.69) is 18.7 Å². The summed E-state index contributed by atoms with van der Waals surface area (Å²) in [4.78, 5) is 15.3. The SMILES string of the molecule is CC(C)C(CN1CCCC1)C(=O)c1ccc(-c2ccccc2)o1. The Bertz CT molecular complexity index is 639. The first-order chi connectivity index (χ1) is 11.1. The van der Waals surface area contributed by atoms with Gasteiger partial charge in [0.1, 0.15) is 5.76 Å². The predicted octanol–water partition coefficient (Wildman–Crippen LogP) is 4.50. The normalized spacial score (nSPS) is 16.8. The Kier molecular flexibility index (Phi) is 4.97. The minimum absolute atomic E-state index is 0.00266. The van der Waals surface area contributed by atoms with E-state index in [0.717, 1.165) is 31.0 Å². The summed E-state index contributed by atoms with van der Waals surface area (Å²) in [5.74, 6) is 1.70. The van der Waals surface area contributed by atoms with E-state index >= 15 is 0 Å². The number of hydrogen-bond acceptors (Lipinski definition) is 3. The van der Waals surface area contributed by atoms with Crippen molar-refractivity contribution < 1.29 is 9.21 Å². The molecule has 0 saturated carbocycles. The minimum Gasteiger partial charge on any atom is -0.453 e. The second-order valence-corrected chi connectivity index (χ2v) is 6.75. The number of hydrogen-bond donors (Lipinski definition) is 0. The van der Waals surface area contributed by atoms with E-state index < -0.39 is 0 Å². The molecule has 0 spiro atoms. The molecule has 0 aliphatic carbocycles. The van der Waals surface area contributed by atoms with E-state index in [1.807, 2.05) is 42.5 Å². The zero-order valence-electron chi connectivity index (χ0n) is 14.0. The molecule has 1 aromatic carbocycles. The number of carbonyl (C=O) groups is 1. The molecule has 2 heterocycles. The van der Waals surface area contributed by atoms with Crippen LogP contribution in [-0.2, 0) is 0 Å². The summed E-state index contributed by atoms with van der Waals surface area (Å²) < 4.78 is 5.86. The van der Waals surface area contributed by atoms with Crippen LogP contribution in [0.5, 0.6) is 0 Å². The second-order valence-electron chi connectivity index (χ2n) is 6.75. The van der Waals surface area contributed by atoms with Gasteiger partial charge < -0.3 is 9.32 Å². The quantitative estimate of drug-likeness (QED) is 0.737. The van der Waals surface area contributed by atoms with Crippen molar-refractivity contribution in [2.45, 2.75) is 26.7 Å². The fraction of sp³-hybridized carbons (Fsp3) is 0.450. The lowest BCUT2D eigenvalue weighted by molar-refractivity contribution is 0.0817. The third-order valence-electron chi connectivity index (χ3n) is 4.70. The summed E-state index contributed by atoms with van der Waals surface area (Å²) in [6, 6.07) is 13.6. The van der Waals surface area contributed by atoms with Gasteiger partial charge in [-0.15, -0.1) is 0 Å². The molecule has 23 heavy (non-hydrogen) atoms. The first-order valence-electron chi connectivity index (χ1n) is 8.57. The molecule has 122 valence electrons. The van der Waals surface area contributed by atoms with E-state index in [1.54, 1.807) is 0 Å². The molecule has 1 atom stereocenters. The third-order valence-corrected chi connectivity index (χ3v) is 4.70. The Hall–Kier alpha value is -1.87. The van der Waals surface area contributed by atoms with Gasteiger partial charge in [-0.25, -0.2) is 0 Å². The molecule has 3 rings (SSSR count). The van der Waals surface area contributed by atoms with Crippen molar-refractivity contribution in [1.82, 2.24) is 4.90 Å². The molecule has 1 unspecified atom stereocenters. The van der Waals surface area contributed by atoms with Crippen molar-refractivity contribution in [1.29, 1.82) is 0 Å². The fourth-order valence-electron chi connectivity index (χ4n) is 3.25. The van der Waals surface area contributed by atoms with Crippen molar-refractivity contribution in [3.05, 3.63) is 48.2 Å². The average Bonchev–Trinajstić information content (AvgIpc) is 3.24. The number of carbonyl (C=O) groups excluding carboxylic acids is 1. The van der Waals surface area contributed by atoms with Crippen LogP contribution in [0.15, 0.2) is 46.9 Å². The van der Waals surface area contributed by atoms with Gasteiger partial charge in [0.05, 0.1) is 0 Å². The van der Waals surface area contributed by atoms with Gasteiger partial charge in [-0.05, 0) is 44.0 Å². The molecule has 1 aromatic heterocycles. The first-order valence-corrected chi connectivity index (χ1v) is 8.57. The Morgan fingerprint density at radius 1 is 1.09 bits per heavy atom. The first kappa shape index (κ1) is 16.0. The molecule has 1 saturated heterocycles. The summed E-state index contributed by atoms with van der Waals surface area (Å²) in [6.45, 7) is 7.32. The topological polar surface area (TPSA) is 33.5 Å². The van der Waals surface area contributed by atoms with E-state index in [0.29, 0.717) is 11.7 Å². The van der Waals surface area contributed by atoms with Crippen molar-refractivity contribution in [2.75, 3.05) is 19.6 Å². The lowest BCUT2D eigenvalue weighted by Gasteiger charge is -2.24. The Morgan fingerprint density at radius 2 is 1.78 bits per heavy atom. The van der Waals surface area contributed by atoms with Gasteiger partial charge in [0.15, 0.2) is 5.76 Å². The van der Waals surface area contributed by atoms with Gasteiger partial charge >= 0.3 is 0 Å². The van der Waals surface area contributed by atoms with Crippen LogP contribution in [0.3, 0.4) is 0 Å². The van der Waals surface area contributed by atoms with E-state index in [-0.39, 0.29) is 11.7 Å². The molecule has 3 heteroatoms. The maximum Gasteiger partial charge on any atom is 0.202 e. The number of furan rings is 1. The maximum atomic E-state index is 12.9. The van der Waals surface area contributed by atoms with Crippen LogP contribution in [-0.4, -0.2) is 30.3 Å². The Morgan fingerprint density at radius 3 is 2.43 bits per heavy atom. The van der Waals surface area contributed by atoms with E-state index in [4.69, 9.17) is 4.42 Å². The third kappa shape index (κ3) is 3.73. The summed E-state index contributed by atoms with van der Waals surface area (Å²) in [6.07, 6.45) is 2.50. The van der Waals surface area contributed by atoms with Gasteiger partial charge in [-0.1, -0.05) is 44.2 Å². The highest BCUT2D eigenvalue weighted by Gasteiger charge is 2.29. The largest absolute Gasteiger partial charge is 0.453 e. The molecular weight excluding hydrogens is 286 g/mol. The van der Waals surface area contributed by atoms with Crippen LogP contribution in [0.1, 0.15) is 37.2 Å². The van der Waals surface area contributed by atoms with Crippen LogP contribution in [0.25, 0.3) is 11.3 Å². The Balaban J connectivity index is 1.76. The van der Waals surface area contributed by atoms with Crippen LogP contribution >= 0.6 is 0 Å². The van der Waals surface area contributed by atoms with Gasteiger partial charge in [-0.3, -0.25) is 4.79 Å². The van der Waals surface area contributed by atoms with Crippen LogP contribution in [0, 0.1) is 11.8 Å². The number of Topliss-reactive ketones (excluding diaryl/α,β-unsaturated/α-hetero) is 1. The fourth-order valence-corrected chi connectivity index (χ4v) is 3.25. The average molecular weight is 311 g/mol. The highest BCUT2D eigenvalue weighted by molar-refractivity contribution is 5.96. The summed E-state index contributed by atoms with van der Waals surface area (Å²) >= 11 is 0. The Labute approximate surface area is 138 Å². The number of likely N-dealkylation sites (tertiary alicyclic amines) is 1. The zero-order chi connectivity index (χ0) is 16.2. The van der Waals surface area contributed by atoms with Crippen LogP contribution in [0.4, 0.5) is 0 Å². The molecule has 0 N–H and O–H groups in total. The lowest BCUT2D eigenvalue weighted by Crippen LogP contribution is -2.34. The van der Waals surface area contributed by atoms with Crippen molar-refractivity contribution in [2.24, 2.45) is 11.8 Å². The summed E-state index contributed by atoms with van der Waals surface area (Å²) in [7, 11) is 0. The van der Waals surface area contributed by atoms with Crippen LogP contribution < -0.4 is 0 Å². The molecule has 1 aliphatic rings. The van der Waals surface area contributed by atoms with Gasteiger partial charge in [0.25, 0.3) is 0 Å². The second kappa shape index (κ2) is 7.14. The molecule has 2 aromatic rings. The highest BCUT2D eigenvalue weighted by Crippen LogP contribution is 2.26. The molecule has 3 nitrogen and oxygen atoms in total. The predicted molar refractivity (Wildman–Crippen MR) is 92.5 cm³/mol. The van der Waals surface area contributed by atoms with Gasteiger partial charge in [0, 0.05) is 18.0 Å². The molecule has 0 radical (unpaired) electrons. The lowest BCUT2D eigenvalue weighted by atomic mass is 9.90. The van der Waals surface area contributed by atoms with Crippen molar-refractivity contribution in [3.63, 3.8) is 0 Å². The molecule has 1 fully saturated rings. The summed E-state index contributed by atoms with van der Waals surface area (Å²) in [5.41, 5.74) is 1.01. The maximum absolute atomic E-state index is 12.9. The van der Waals surface area contributed by atoms with Crippen molar-refractivity contribution in [3.8, 4) is 11.3 Å². The van der Waals surface area contributed by atoms with Crippen molar-refractivity contribution >= 4 is 5.78 Å². The number of nitrogens with zero attached hydrogens (tertiary/aromatic N) is 1. The molecule has 1 aliphatic heterocycles. The van der Waals surface area contributed by atoms with Gasteiger partial charge in [-0.2, -0.15) is 0 Å². The standard InChI is InChI=1S/C20H25NO2/c1-15(2)17(14-21-12-6-7-13-21)20(22)19-11-10-18(23-19)16-8-4-3-5-9-16/h3-5,8-11,15,17H,6-7,12-14H2,1-2H3. The molecular formula is C20H25NO2. The van der Waals surface area contributed by atoms with Gasteiger partial charge in [0.2, 0.25) is 5.78 Å². The minimum atomic E-state index is 0.00266. The number of ketones is 1. The monoisotopic (exact) mass is 311 g/mol. The van der Waals surface area contributed by atoms with E-state index in [9.17, 15) is 4.79 Å². The molecule has 0 bridgehead atoms. The van der Waals surface area contributed by atoms with E-state index in [1.165, 1.54) is 12.8 Å². The summed E-state index contributed by atoms with van der Waals surface area (Å²) in [5, 5.41) is 0.